The highest BCUT2D eigenvalue weighted by atomic mass is 35.5. The van der Waals surface area contributed by atoms with Gasteiger partial charge in [0.05, 0.1) is 17.3 Å². The number of hydrogen-bond acceptors (Lipinski definition) is 3. The van der Waals surface area contributed by atoms with Gasteiger partial charge >= 0.3 is 6.03 Å². The summed E-state index contributed by atoms with van der Waals surface area (Å²) in [6.45, 7) is 2.05. The summed E-state index contributed by atoms with van der Waals surface area (Å²) in [6, 6.07) is 8.78. The topological polar surface area (TPSA) is 70.4 Å². The third-order valence-electron chi connectivity index (χ3n) is 2.99. The smallest absolute Gasteiger partial charge is 0.322 e. The van der Waals surface area contributed by atoms with Crippen molar-refractivity contribution in [1.29, 1.82) is 0 Å². The van der Waals surface area contributed by atoms with Gasteiger partial charge in [0.1, 0.15) is 0 Å². The zero-order valence-corrected chi connectivity index (χ0v) is 12.6. The minimum absolute atomic E-state index is 0.0863. The zero-order valence-electron chi connectivity index (χ0n) is 11.9. The number of aryl methyl sites for hydroxylation is 1. The molecule has 2 amide bonds. The summed E-state index contributed by atoms with van der Waals surface area (Å²) in [6.07, 6.45) is 0. The van der Waals surface area contributed by atoms with E-state index in [1.165, 1.54) is 4.90 Å². The van der Waals surface area contributed by atoms with Crippen LogP contribution in [-0.4, -0.2) is 46.0 Å². The number of amides is 2. The number of nitrogens with one attached hydrogen (secondary N) is 1. The van der Waals surface area contributed by atoms with Crippen molar-refractivity contribution < 1.29 is 9.90 Å². The molecule has 1 aromatic heterocycles. The molecule has 112 valence electrons. The van der Waals surface area contributed by atoms with Crippen molar-refractivity contribution in [3.05, 3.63) is 41.0 Å². The Balaban J connectivity index is 2.20. The molecule has 1 aromatic carbocycles. The molecule has 0 fully saturated rings. The number of carbonyl (C=O) groups is 1. The molecule has 0 saturated heterocycles. The quantitative estimate of drug-likeness (QED) is 0.910. The molecular formula is C14H17ClN4O2. The fourth-order valence-corrected chi connectivity index (χ4v) is 2.08. The second kappa shape index (κ2) is 6.60. The number of anilines is 1. The van der Waals surface area contributed by atoms with E-state index in [0.717, 1.165) is 11.4 Å². The van der Waals surface area contributed by atoms with E-state index in [-0.39, 0.29) is 19.2 Å². The van der Waals surface area contributed by atoms with E-state index < -0.39 is 0 Å². The Hall–Kier alpha value is -2.05. The van der Waals surface area contributed by atoms with Gasteiger partial charge in [0, 0.05) is 25.4 Å². The highest BCUT2D eigenvalue weighted by Crippen LogP contribution is 2.22. The van der Waals surface area contributed by atoms with Gasteiger partial charge in [-0.2, -0.15) is 0 Å². The van der Waals surface area contributed by atoms with Gasteiger partial charge in [0.25, 0.3) is 0 Å². The number of likely N-dealkylation sites (N-methyl/N-ethyl adjacent to an activating group) is 1. The molecule has 0 aliphatic heterocycles. The average Bonchev–Trinajstić information content (AvgIpc) is 2.80. The fourth-order valence-electron chi connectivity index (χ4n) is 1.86. The van der Waals surface area contributed by atoms with Crippen LogP contribution in [0.5, 0.6) is 0 Å². The van der Waals surface area contributed by atoms with Gasteiger partial charge in [0.15, 0.2) is 5.82 Å². The highest BCUT2D eigenvalue weighted by molar-refractivity contribution is 6.32. The van der Waals surface area contributed by atoms with Crippen LogP contribution in [0.4, 0.5) is 10.6 Å². The van der Waals surface area contributed by atoms with Crippen LogP contribution < -0.4 is 5.32 Å². The number of rotatable bonds is 4. The van der Waals surface area contributed by atoms with Gasteiger partial charge in [-0.15, -0.1) is 5.10 Å². The zero-order chi connectivity index (χ0) is 15.4. The Morgan fingerprint density at radius 3 is 2.86 bits per heavy atom. The second-order valence-electron chi connectivity index (χ2n) is 4.61. The second-order valence-corrected chi connectivity index (χ2v) is 5.02. The standard InChI is InChI=1S/C14H17ClN4O2/c1-10-9-13(16-14(21)18(2)7-8-20)17-19(10)12-6-4-3-5-11(12)15/h3-6,9,20H,7-8H2,1-2H3,(H,16,17,21). The summed E-state index contributed by atoms with van der Waals surface area (Å²) < 4.78 is 1.67. The molecule has 0 saturated carbocycles. The van der Waals surface area contributed by atoms with Crippen molar-refractivity contribution in [2.45, 2.75) is 6.92 Å². The predicted octanol–water partition coefficient (Wildman–Crippen LogP) is 2.29. The largest absolute Gasteiger partial charge is 0.395 e. The first kappa shape index (κ1) is 15.3. The Morgan fingerprint density at radius 1 is 1.48 bits per heavy atom. The van der Waals surface area contributed by atoms with Crippen LogP contribution in [0.2, 0.25) is 5.02 Å². The molecule has 2 aromatic rings. The van der Waals surface area contributed by atoms with Crippen LogP contribution in [0.25, 0.3) is 5.69 Å². The molecule has 0 bridgehead atoms. The minimum atomic E-state index is -0.326. The monoisotopic (exact) mass is 308 g/mol. The first-order valence-electron chi connectivity index (χ1n) is 6.47. The molecular weight excluding hydrogens is 292 g/mol. The van der Waals surface area contributed by atoms with Gasteiger partial charge in [-0.1, -0.05) is 23.7 Å². The van der Waals surface area contributed by atoms with E-state index in [0.29, 0.717) is 10.8 Å². The molecule has 0 radical (unpaired) electrons. The molecule has 2 rings (SSSR count). The maximum atomic E-state index is 11.9. The summed E-state index contributed by atoms with van der Waals surface area (Å²) in [7, 11) is 1.60. The molecule has 0 aliphatic rings. The molecule has 7 heteroatoms. The Bertz CT molecular complexity index is 642. The summed E-state index contributed by atoms with van der Waals surface area (Å²) >= 11 is 6.15. The number of urea groups is 1. The Morgan fingerprint density at radius 2 is 2.19 bits per heavy atom. The van der Waals surface area contributed by atoms with Crippen LogP contribution in [0.1, 0.15) is 5.69 Å². The lowest BCUT2D eigenvalue weighted by Gasteiger charge is -2.15. The number of benzene rings is 1. The SMILES string of the molecule is Cc1cc(NC(=O)N(C)CCO)nn1-c1ccccc1Cl. The number of halogens is 1. The number of nitrogens with zero attached hydrogens (tertiary/aromatic N) is 3. The molecule has 2 N–H and O–H groups in total. The van der Waals surface area contributed by atoms with E-state index in [4.69, 9.17) is 16.7 Å². The maximum absolute atomic E-state index is 11.9. The van der Waals surface area contributed by atoms with E-state index in [1.54, 1.807) is 23.9 Å². The predicted molar refractivity (Wildman–Crippen MR) is 82.0 cm³/mol. The number of para-hydroxylation sites is 1. The van der Waals surface area contributed by atoms with E-state index in [9.17, 15) is 4.79 Å². The van der Waals surface area contributed by atoms with Crippen molar-refractivity contribution in [1.82, 2.24) is 14.7 Å². The van der Waals surface area contributed by atoms with Crippen LogP contribution in [0.3, 0.4) is 0 Å². The van der Waals surface area contributed by atoms with E-state index in [1.807, 2.05) is 25.1 Å². The lowest BCUT2D eigenvalue weighted by molar-refractivity contribution is 0.202. The number of carbonyl (C=O) groups excluding carboxylic acids is 1. The van der Waals surface area contributed by atoms with Crippen molar-refractivity contribution in [3.8, 4) is 5.69 Å². The molecule has 0 spiro atoms. The number of aliphatic hydroxyl groups is 1. The normalized spacial score (nSPS) is 10.5. The Kier molecular flexibility index (Phi) is 4.82. The lowest BCUT2D eigenvalue weighted by atomic mass is 10.3. The van der Waals surface area contributed by atoms with Gasteiger partial charge in [-0.05, 0) is 19.1 Å². The van der Waals surface area contributed by atoms with Gasteiger partial charge in [-0.25, -0.2) is 9.48 Å². The van der Waals surface area contributed by atoms with Crippen LogP contribution >= 0.6 is 11.6 Å². The van der Waals surface area contributed by atoms with Crippen LogP contribution in [0.15, 0.2) is 30.3 Å². The molecule has 0 aliphatic carbocycles. The van der Waals surface area contributed by atoms with E-state index >= 15 is 0 Å². The lowest BCUT2D eigenvalue weighted by Crippen LogP contribution is -2.33. The number of hydrogen-bond donors (Lipinski definition) is 2. The van der Waals surface area contributed by atoms with Crippen molar-refractivity contribution in [3.63, 3.8) is 0 Å². The number of aromatic nitrogens is 2. The van der Waals surface area contributed by atoms with Gasteiger partial charge < -0.3 is 10.0 Å². The summed E-state index contributed by atoms with van der Waals surface area (Å²) in [5.74, 6) is 0.433. The Labute approximate surface area is 127 Å². The first-order chi connectivity index (χ1) is 10.0. The van der Waals surface area contributed by atoms with Crippen molar-refractivity contribution >= 4 is 23.4 Å². The third kappa shape index (κ3) is 3.53. The minimum Gasteiger partial charge on any atom is -0.395 e. The summed E-state index contributed by atoms with van der Waals surface area (Å²) in [4.78, 5) is 13.2. The van der Waals surface area contributed by atoms with Crippen LogP contribution in [-0.2, 0) is 0 Å². The highest BCUT2D eigenvalue weighted by Gasteiger charge is 2.13. The number of aliphatic hydroxyl groups excluding tert-OH is 1. The summed E-state index contributed by atoms with van der Waals surface area (Å²) in [5, 5.41) is 16.4. The molecule has 6 nitrogen and oxygen atoms in total. The average molecular weight is 309 g/mol. The van der Waals surface area contributed by atoms with Crippen LogP contribution in [0, 0.1) is 6.92 Å². The van der Waals surface area contributed by atoms with Gasteiger partial charge in [0.2, 0.25) is 0 Å². The third-order valence-corrected chi connectivity index (χ3v) is 3.30. The molecule has 0 atom stereocenters. The molecule has 21 heavy (non-hydrogen) atoms. The summed E-state index contributed by atoms with van der Waals surface area (Å²) in [5.41, 5.74) is 1.60. The molecule has 1 heterocycles. The van der Waals surface area contributed by atoms with Crippen molar-refractivity contribution in [2.24, 2.45) is 0 Å². The molecule has 0 unspecified atom stereocenters. The fraction of sp³-hybridized carbons (Fsp3) is 0.286. The maximum Gasteiger partial charge on any atom is 0.322 e. The first-order valence-corrected chi connectivity index (χ1v) is 6.85. The van der Waals surface area contributed by atoms with E-state index in [2.05, 4.69) is 10.4 Å². The van der Waals surface area contributed by atoms with Crippen molar-refractivity contribution in [2.75, 3.05) is 25.5 Å². The van der Waals surface area contributed by atoms with Gasteiger partial charge in [-0.3, -0.25) is 5.32 Å².